The quantitative estimate of drug-likeness (QED) is 0.822. The minimum atomic E-state index is 0.286. The topological polar surface area (TPSA) is 58.0 Å². The zero-order valence-corrected chi connectivity index (χ0v) is 9.78. The molecular weight excluding hydrogens is 188 g/mol. The highest BCUT2D eigenvalue weighted by Gasteiger charge is 2.17. The van der Waals surface area contributed by atoms with E-state index in [2.05, 4.69) is 19.9 Å². The number of nitrogens with two attached hydrogens (primary N) is 1. The third kappa shape index (κ3) is 1.91. The van der Waals surface area contributed by atoms with Crippen LogP contribution in [0.15, 0.2) is 6.07 Å². The number of anilines is 2. The van der Waals surface area contributed by atoms with Crippen LogP contribution in [0, 0.1) is 11.3 Å². The molecule has 0 saturated carbocycles. The molecule has 0 unspecified atom stereocenters. The molecule has 0 saturated heterocycles. The maximum absolute atomic E-state index is 9.04. The first-order chi connectivity index (χ1) is 7.02. The summed E-state index contributed by atoms with van der Waals surface area (Å²) >= 11 is 0. The van der Waals surface area contributed by atoms with E-state index in [1.165, 1.54) is 0 Å². The van der Waals surface area contributed by atoms with Crippen molar-refractivity contribution in [1.29, 1.82) is 5.26 Å². The summed E-state index contributed by atoms with van der Waals surface area (Å²) in [6.07, 6.45) is 0.976. The largest absolute Gasteiger partial charge is 0.396 e. The van der Waals surface area contributed by atoms with Gasteiger partial charge in [-0.15, -0.1) is 0 Å². The van der Waals surface area contributed by atoms with Gasteiger partial charge in [-0.05, 0) is 19.4 Å². The van der Waals surface area contributed by atoms with Gasteiger partial charge in [-0.3, -0.25) is 0 Å². The van der Waals surface area contributed by atoms with Crippen LogP contribution in [0.25, 0.3) is 0 Å². The van der Waals surface area contributed by atoms with E-state index in [-0.39, 0.29) is 6.04 Å². The molecule has 0 aliphatic heterocycles. The Bertz CT molecular complexity index is 384. The number of nitrogen functional groups attached to an aromatic ring is 1. The van der Waals surface area contributed by atoms with E-state index in [9.17, 15) is 0 Å². The van der Waals surface area contributed by atoms with Crippen molar-refractivity contribution < 1.29 is 0 Å². The second kappa shape index (κ2) is 4.26. The van der Waals surface area contributed by atoms with E-state index < -0.39 is 0 Å². The summed E-state index contributed by atoms with van der Waals surface area (Å²) in [5, 5.41) is 9.04. The minimum absolute atomic E-state index is 0.286. The average Bonchev–Trinajstić information content (AvgIpc) is 2.53. The molecule has 4 heteroatoms. The van der Waals surface area contributed by atoms with Crippen molar-refractivity contribution >= 4 is 11.5 Å². The molecule has 0 fully saturated rings. The van der Waals surface area contributed by atoms with Crippen molar-refractivity contribution in [1.82, 2.24) is 4.57 Å². The smallest absolute Gasteiger partial charge is 0.132 e. The summed E-state index contributed by atoms with van der Waals surface area (Å²) in [7, 11) is 3.87. The summed E-state index contributed by atoms with van der Waals surface area (Å²) in [5.74, 6) is 0.918. The average molecular weight is 206 g/mol. The molecule has 82 valence electrons. The van der Waals surface area contributed by atoms with Crippen molar-refractivity contribution in [3.63, 3.8) is 0 Å². The standard InChI is InChI=1S/C11H18N4/c1-5-8(2)15-9(7-12)6-10(13)11(15)14(3)4/h6,8H,5,13H2,1-4H3/t8-/m0/s1. The lowest BCUT2D eigenvalue weighted by molar-refractivity contribution is 0.529. The Morgan fingerprint density at radius 1 is 1.60 bits per heavy atom. The van der Waals surface area contributed by atoms with Crippen LogP contribution in [-0.4, -0.2) is 18.7 Å². The molecule has 1 aromatic heterocycles. The Morgan fingerprint density at radius 2 is 2.20 bits per heavy atom. The van der Waals surface area contributed by atoms with Gasteiger partial charge in [0.05, 0.1) is 5.69 Å². The van der Waals surface area contributed by atoms with Gasteiger partial charge in [-0.1, -0.05) is 6.92 Å². The SMILES string of the molecule is CC[C@H](C)n1c(C#N)cc(N)c1N(C)C. The molecule has 0 aromatic carbocycles. The van der Waals surface area contributed by atoms with Gasteiger partial charge in [-0.2, -0.15) is 5.26 Å². The van der Waals surface area contributed by atoms with Crippen LogP contribution in [0.4, 0.5) is 11.5 Å². The van der Waals surface area contributed by atoms with Crippen molar-refractivity contribution in [2.75, 3.05) is 24.7 Å². The van der Waals surface area contributed by atoms with Gasteiger partial charge in [0.1, 0.15) is 17.6 Å². The Morgan fingerprint density at radius 3 is 2.60 bits per heavy atom. The van der Waals surface area contributed by atoms with Crippen LogP contribution in [-0.2, 0) is 0 Å². The molecule has 1 aromatic rings. The van der Waals surface area contributed by atoms with Crippen molar-refractivity contribution in [3.8, 4) is 6.07 Å². The molecule has 1 atom stereocenters. The van der Waals surface area contributed by atoms with Crippen LogP contribution in [0.3, 0.4) is 0 Å². The number of aromatic nitrogens is 1. The molecule has 0 radical (unpaired) electrons. The van der Waals surface area contributed by atoms with Crippen LogP contribution >= 0.6 is 0 Å². The Hall–Kier alpha value is -1.63. The summed E-state index contributed by atoms with van der Waals surface area (Å²) in [6.45, 7) is 4.19. The van der Waals surface area contributed by atoms with Crippen molar-refractivity contribution in [2.24, 2.45) is 0 Å². The Kier molecular flexibility index (Phi) is 3.25. The number of hydrogen-bond donors (Lipinski definition) is 1. The molecule has 0 aliphatic rings. The zero-order valence-electron chi connectivity index (χ0n) is 9.78. The van der Waals surface area contributed by atoms with Crippen LogP contribution in [0.1, 0.15) is 32.0 Å². The van der Waals surface area contributed by atoms with Gasteiger partial charge in [0.2, 0.25) is 0 Å². The van der Waals surface area contributed by atoms with Crippen LogP contribution in [0.5, 0.6) is 0 Å². The Balaban J connectivity index is 3.37. The molecule has 0 bridgehead atoms. The van der Waals surface area contributed by atoms with E-state index >= 15 is 0 Å². The minimum Gasteiger partial charge on any atom is -0.396 e. The molecule has 1 heterocycles. The van der Waals surface area contributed by atoms with Gasteiger partial charge in [-0.25, -0.2) is 0 Å². The number of nitriles is 1. The summed E-state index contributed by atoms with van der Waals surface area (Å²) in [6, 6.07) is 4.21. The molecule has 2 N–H and O–H groups in total. The fourth-order valence-corrected chi connectivity index (χ4v) is 1.72. The van der Waals surface area contributed by atoms with Gasteiger partial charge in [0.15, 0.2) is 0 Å². The molecule has 0 amide bonds. The zero-order chi connectivity index (χ0) is 11.6. The lowest BCUT2D eigenvalue weighted by atomic mass is 10.2. The molecular formula is C11H18N4. The first-order valence-corrected chi connectivity index (χ1v) is 5.11. The number of hydrogen-bond acceptors (Lipinski definition) is 3. The highest BCUT2D eigenvalue weighted by atomic mass is 15.2. The number of nitrogens with zero attached hydrogens (tertiary/aromatic N) is 3. The maximum atomic E-state index is 9.04. The predicted octanol–water partition coefficient (Wildman–Crippen LogP) is 1.98. The molecule has 0 spiro atoms. The third-order valence-electron chi connectivity index (χ3n) is 2.61. The van der Waals surface area contributed by atoms with Crippen LogP contribution in [0.2, 0.25) is 0 Å². The lowest BCUT2D eigenvalue weighted by Gasteiger charge is -2.22. The monoisotopic (exact) mass is 206 g/mol. The van der Waals surface area contributed by atoms with Gasteiger partial charge >= 0.3 is 0 Å². The second-order valence-electron chi connectivity index (χ2n) is 3.94. The van der Waals surface area contributed by atoms with E-state index in [0.717, 1.165) is 12.2 Å². The summed E-state index contributed by atoms with van der Waals surface area (Å²) in [4.78, 5) is 1.95. The fourth-order valence-electron chi connectivity index (χ4n) is 1.72. The van der Waals surface area contributed by atoms with Crippen molar-refractivity contribution in [3.05, 3.63) is 11.8 Å². The third-order valence-corrected chi connectivity index (χ3v) is 2.61. The Labute approximate surface area is 90.9 Å². The highest BCUT2D eigenvalue weighted by molar-refractivity contribution is 5.67. The van der Waals surface area contributed by atoms with E-state index in [4.69, 9.17) is 11.0 Å². The van der Waals surface area contributed by atoms with Gasteiger partial charge < -0.3 is 15.2 Å². The molecule has 15 heavy (non-hydrogen) atoms. The van der Waals surface area contributed by atoms with Crippen LogP contribution < -0.4 is 10.6 Å². The second-order valence-corrected chi connectivity index (χ2v) is 3.94. The first-order valence-electron chi connectivity index (χ1n) is 5.11. The number of rotatable bonds is 3. The van der Waals surface area contributed by atoms with E-state index in [1.807, 2.05) is 23.6 Å². The summed E-state index contributed by atoms with van der Waals surface area (Å²) in [5.41, 5.74) is 7.19. The van der Waals surface area contributed by atoms with Gasteiger partial charge in [0, 0.05) is 20.1 Å². The van der Waals surface area contributed by atoms with E-state index in [1.54, 1.807) is 6.07 Å². The van der Waals surface area contributed by atoms with Crippen molar-refractivity contribution in [2.45, 2.75) is 26.3 Å². The fraction of sp³-hybridized carbons (Fsp3) is 0.545. The van der Waals surface area contributed by atoms with Gasteiger partial charge in [0.25, 0.3) is 0 Å². The molecule has 4 nitrogen and oxygen atoms in total. The summed E-state index contributed by atoms with van der Waals surface area (Å²) < 4.78 is 2.00. The first kappa shape index (κ1) is 11.4. The maximum Gasteiger partial charge on any atom is 0.132 e. The highest BCUT2D eigenvalue weighted by Crippen LogP contribution is 2.30. The predicted molar refractivity (Wildman–Crippen MR) is 62.9 cm³/mol. The molecule has 1 rings (SSSR count). The molecule has 0 aliphatic carbocycles. The normalized spacial score (nSPS) is 12.2. The lowest BCUT2D eigenvalue weighted by Crippen LogP contribution is -2.18. The van der Waals surface area contributed by atoms with E-state index in [0.29, 0.717) is 11.4 Å².